The summed E-state index contributed by atoms with van der Waals surface area (Å²) in [6.45, 7) is 1.97. The molecule has 0 atom stereocenters. The molecule has 3 N–H and O–H groups in total. The van der Waals surface area contributed by atoms with Gasteiger partial charge in [0.05, 0.1) is 5.69 Å². The minimum absolute atomic E-state index is 0.173. The van der Waals surface area contributed by atoms with E-state index in [1.807, 2.05) is 25.1 Å². The van der Waals surface area contributed by atoms with Crippen molar-refractivity contribution in [3.8, 4) is 0 Å². The minimum atomic E-state index is -0.173. The molecule has 0 unspecified atom stereocenters. The summed E-state index contributed by atoms with van der Waals surface area (Å²) in [5.74, 6) is -0.173. The molecule has 1 aliphatic rings. The normalized spacial score (nSPS) is 14.4. The third kappa shape index (κ3) is 3.73. The first kappa shape index (κ1) is 18.4. The van der Waals surface area contributed by atoms with Gasteiger partial charge in [0.25, 0.3) is 5.91 Å². The highest BCUT2D eigenvalue weighted by molar-refractivity contribution is 9.10. The van der Waals surface area contributed by atoms with Gasteiger partial charge >= 0.3 is 0 Å². The van der Waals surface area contributed by atoms with E-state index in [-0.39, 0.29) is 5.91 Å². The summed E-state index contributed by atoms with van der Waals surface area (Å²) in [6.07, 6.45) is 6.99. The van der Waals surface area contributed by atoms with E-state index in [1.54, 1.807) is 0 Å². The molecule has 4 rings (SSSR count). The number of carbonyl (C=O) groups is 1. The lowest BCUT2D eigenvalue weighted by Gasteiger charge is -2.12. The van der Waals surface area contributed by atoms with Gasteiger partial charge in [-0.2, -0.15) is 0 Å². The van der Waals surface area contributed by atoms with E-state index < -0.39 is 0 Å². The zero-order chi connectivity index (χ0) is 19.0. The average Bonchev–Trinajstić information content (AvgIpc) is 2.93. The minimum Gasteiger partial charge on any atom is -0.397 e. The molecule has 0 aliphatic heterocycles. The van der Waals surface area contributed by atoms with Crippen LogP contribution in [0, 0.1) is 6.92 Å². The van der Waals surface area contributed by atoms with Gasteiger partial charge in [0.2, 0.25) is 0 Å². The van der Waals surface area contributed by atoms with E-state index in [0.717, 1.165) is 38.8 Å². The summed E-state index contributed by atoms with van der Waals surface area (Å²) in [5, 5.41) is 3.90. The van der Waals surface area contributed by atoms with Gasteiger partial charge in [-0.3, -0.25) is 4.79 Å². The Hall–Kier alpha value is -1.92. The van der Waals surface area contributed by atoms with Crippen molar-refractivity contribution in [3.63, 3.8) is 0 Å². The average molecular weight is 444 g/mol. The molecule has 0 spiro atoms. The lowest BCUT2D eigenvalue weighted by Crippen LogP contribution is -2.12. The molecule has 1 aromatic carbocycles. The maximum Gasteiger partial charge on any atom is 0.267 e. The zero-order valence-electron chi connectivity index (χ0n) is 15.3. The quantitative estimate of drug-likeness (QED) is 0.520. The third-order valence-corrected chi connectivity index (χ3v) is 6.75. The molecule has 1 aliphatic carbocycles. The molecule has 1 amide bonds. The number of nitrogens with two attached hydrogens (primary N) is 1. The number of amides is 1. The maximum absolute atomic E-state index is 12.9. The van der Waals surface area contributed by atoms with Gasteiger partial charge in [0, 0.05) is 21.2 Å². The monoisotopic (exact) mass is 443 g/mol. The largest absolute Gasteiger partial charge is 0.397 e. The molecule has 0 radical (unpaired) electrons. The highest BCUT2D eigenvalue weighted by Gasteiger charge is 2.20. The van der Waals surface area contributed by atoms with Gasteiger partial charge < -0.3 is 11.1 Å². The zero-order valence-corrected chi connectivity index (χ0v) is 17.7. The Labute approximate surface area is 171 Å². The van der Waals surface area contributed by atoms with Gasteiger partial charge in [-0.05, 0) is 68.0 Å². The van der Waals surface area contributed by atoms with Crippen LogP contribution < -0.4 is 11.1 Å². The first-order valence-electron chi connectivity index (χ1n) is 9.31. The number of aromatic nitrogens is 1. The van der Waals surface area contributed by atoms with Gasteiger partial charge in [-0.15, -0.1) is 11.3 Å². The number of benzene rings is 1. The van der Waals surface area contributed by atoms with Crippen LogP contribution in [0.15, 0.2) is 28.7 Å². The molecule has 3 aromatic rings. The summed E-state index contributed by atoms with van der Waals surface area (Å²) < 4.78 is 0.987. The summed E-state index contributed by atoms with van der Waals surface area (Å²) in [5.41, 5.74) is 11.2. The van der Waals surface area contributed by atoms with E-state index in [2.05, 4.69) is 27.3 Å². The number of rotatable bonds is 2. The lowest BCUT2D eigenvalue weighted by molar-refractivity contribution is 0.103. The second-order valence-electron chi connectivity index (χ2n) is 7.12. The molecule has 27 heavy (non-hydrogen) atoms. The Bertz CT molecular complexity index is 1030. The number of aryl methyl sites for hydroxylation is 3. The Balaban J connectivity index is 1.69. The van der Waals surface area contributed by atoms with Crippen LogP contribution in [0.4, 0.5) is 11.4 Å². The number of nitrogen functional groups attached to an aromatic ring is 1. The van der Waals surface area contributed by atoms with Gasteiger partial charge in [0.1, 0.15) is 9.71 Å². The van der Waals surface area contributed by atoms with Gasteiger partial charge in [0.15, 0.2) is 0 Å². The topological polar surface area (TPSA) is 68.0 Å². The number of pyridine rings is 1. The molecule has 2 aromatic heterocycles. The SMILES string of the molecule is Cc1cc(Br)ccc1NC(=O)c1sc2nc3c(cc2c1N)CCCCCC3. The Kier molecular flexibility index (Phi) is 5.19. The number of nitrogens with zero attached hydrogens (tertiary/aromatic N) is 1. The van der Waals surface area contributed by atoms with E-state index in [4.69, 9.17) is 10.7 Å². The van der Waals surface area contributed by atoms with Crippen molar-refractivity contribution in [1.29, 1.82) is 0 Å². The molecule has 140 valence electrons. The summed E-state index contributed by atoms with van der Waals surface area (Å²) in [7, 11) is 0. The lowest BCUT2D eigenvalue weighted by atomic mass is 9.96. The number of halogens is 1. The highest BCUT2D eigenvalue weighted by Crippen LogP contribution is 2.35. The van der Waals surface area contributed by atoms with E-state index in [9.17, 15) is 4.79 Å². The smallest absolute Gasteiger partial charge is 0.267 e. The van der Waals surface area contributed by atoms with Crippen molar-refractivity contribution in [2.75, 3.05) is 11.1 Å². The molecule has 0 saturated carbocycles. The first-order valence-corrected chi connectivity index (χ1v) is 10.9. The summed E-state index contributed by atoms with van der Waals surface area (Å²) >= 11 is 4.83. The number of carbonyl (C=O) groups excluding carboxylic acids is 1. The maximum atomic E-state index is 12.9. The van der Waals surface area contributed by atoms with Crippen molar-refractivity contribution in [1.82, 2.24) is 4.98 Å². The Morgan fingerprint density at radius 3 is 2.74 bits per heavy atom. The third-order valence-electron chi connectivity index (χ3n) is 5.14. The second kappa shape index (κ2) is 7.60. The van der Waals surface area contributed by atoms with Crippen LogP contribution in [0.25, 0.3) is 10.2 Å². The number of anilines is 2. The number of nitrogens with one attached hydrogen (secondary N) is 1. The Morgan fingerprint density at radius 2 is 1.96 bits per heavy atom. The predicted octanol–water partition coefficient (Wildman–Crippen LogP) is 5.86. The number of fused-ring (bicyclic) bond motifs is 2. The highest BCUT2D eigenvalue weighted by atomic mass is 79.9. The summed E-state index contributed by atoms with van der Waals surface area (Å²) in [6, 6.07) is 7.95. The Morgan fingerprint density at radius 1 is 1.19 bits per heavy atom. The van der Waals surface area contributed by atoms with Crippen LogP contribution in [0.2, 0.25) is 0 Å². The van der Waals surface area contributed by atoms with Gasteiger partial charge in [-0.1, -0.05) is 28.8 Å². The van der Waals surface area contributed by atoms with Crippen molar-refractivity contribution in [2.24, 2.45) is 0 Å². The summed E-state index contributed by atoms with van der Waals surface area (Å²) in [4.78, 5) is 19.1. The van der Waals surface area contributed by atoms with Crippen LogP contribution in [-0.2, 0) is 12.8 Å². The molecule has 4 nitrogen and oxygen atoms in total. The van der Waals surface area contributed by atoms with Crippen LogP contribution in [0.1, 0.15) is 52.2 Å². The second-order valence-corrected chi connectivity index (χ2v) is 9.03. The number of thiophene rings is 1. The molecular weight excluding hydrogens is 422 g/mol. The van der Waals surface area contributed by atoms with E-state index in [0.29, 0.717) is 10.6 Å². The molecule has 2 heterocycles. The fourth-order valence-corrected chi connectivity index (χ4v) is 5.10. The van der Waals surface area contributed by atoms with Crippen LogP contribution >= 0.6 is 27.3 Å². The molecule has 0 saturated heterocycles. The van der Waals surface area contributed by atoms with Crippen LogP contribution in [0.5, 0.6) is 0 Å². The predicted molar refractivity (Wildman–Crippen MR) is 117 cm³/mol. The van der Waals surface area contributed by atoms with Gasteiger partial charge in [-0.25, -0.2) is 4.98 Å². The molecule has 0 fully saturated rings. The fourth-order valence-electron chi connectivity index (χ4n) is 3.63. The van der Waals surface area contributed by atoms with Crippen molar-refractivity contribution >= 4 is 54.8 Å². The van der Waals surface area contributed by atoms with Crippen molar-refractivity contribution in [3.05, 3.63) is 50.4 Å². The first-order chi connectivity index (χ1) is 13.0. The number of hydrogen-bond donors (Lipinski definition) is 2. The van der Waals surface area contributed by atoms with Crippen LogP contribution in [-0.4, -0.2) is 10.9 Å². The molecule has 6 heteroatoms. The molecule has 0 bridgehead atoms. The van der Waals surface area contributed by atoms with Crippen LogP contribution in [0.3, 0.4) is 0 Å². The van der Waals surface area contributed by atoms with Crippen molar-refractivity contribution in [2.45, 2.75) is 45.4 Å². The fraction of sp³-hybridized carbons (Fsp3) is 0.333. The molecular formula is C21H22BrN3OS. The number of hydrogen-bond acceptors (Lipinski definition) is 4. The van der Waals surface area contributed by atoms with Crippen molar-refractivity contribution < 1.29 is 4.79 Å². The van der Waals surface area contributed by atoms with E-state index in [1.165, 1.54) is 48.3 Å². The van der Waals surface area contributed by atoms with E-state index >= 15 is 0 Å². The standard InChI is InChI=1S/C21H22BrN3OS/c1-12-10-14(22)8-9-16(12)24-20(26)19-18(23)15-11-13-6-4-2-3-5-7-17(13)25-21(15)27-19/h8-11H,2-7,23H2,1H3,(H,24,26).